The molecule has 0 aromatic rings. The van der Waals surface area contributed by atoms with E-state index in [0.717, 1.165) is 0 Å². The molecule has 13 N–H and O–H groups in total. The van der Waals surface area contributed by atoms with Gasteiger partial charge in [0.2, 0.25) is 0 Å². The number of hydrogen-bond donors (Lipinski definition) is 13. The summed E-state index contributed by atoms with van der Waals surface area (Å²) in [4.78, 5) is 0. The molecule has 4 rings (SSSR count). The average Bonchev–Trinajstić information content (AvgIpc) is 3.05. The first-order valence-electron chi connectivity index (χ1n) is 15.7. The molecule has 3 aliphatic heterocycles. The Morgan fingerprint density at radius 2 is 1.00 bits per heavy atom. The Balaban J connectivity index is 1.57. The Kier molecular flexibility index (Phi) is 13.7. The van der Waals surface area contributed by atoms with Gasteiger partial charge in [0.05, 0.1) is 38.1 Å². The number of ether oxygens (including phenoxy) is 6. The molecule has 0 spiro atoms. The predicted molar refractivity (Wildman–Crippen MR) is 150 cm³/mol. The maximum atomic E-state index is 11.2. The van der Waals surface area contributed by atoms with E-state index in [1.54, 1.807) is 13.8 Å². The Labute approximate surface area is 270 Å². The van der Waals surface area contributed by atoms with Gasteiger partial charge in [-0.25, -0.2) is 0 Å². The molecule has 19 heteroatoms. The lowest BCUT2D eigenvalue weighted by molar-refractivity contribution is -0.377. The molecule has 3 saturated heterocycles. The van der Waals surface area contributed by atoms with Gasteiger partial charge in [0.25, 0.3) is 0 Å². The van der Waals surface area contributed by atoms with Gasteiger partial charge in [0.15, 0.2) is 12.6 Å². The number of aliphatic hydroxyl groups is 13. The third kappa shape index (κ3) is 7.94. The van der Waals surface area contributed by atoms with E-state index in [1.165, 1.54) is 0 Å². The van der Waals surface area contributed by atoms with Crippen molar-refractivity contribution in [2.75, 3.05) is 26.4 Å². The van der Waals surface area contributed by atoms with Gasteiger partial charge in [-0.3, -0.25) is 0 Å². The largest absolute Gasteiger partial charge is 0.396 e. The lowest BCUT2D eigenvalue weighted by Crippen LogP contribution is -2.67. The molecule has 0 aromatic carbocycles. The summed E-state index contributed by atoms with van der Waals surface area (Å²) in [6, 6.07) is 0. The third-order valence-electron chi connectivity index (χ3n) is 9.45. The smallest absolute Gasteiger partial charge is 0.187 e. The molecule has 4 fully saturated rings. The average molecular weight is 691 g/mol. The quantitative estimate of drug-likeness (QED) is 0.0957. The van der Waals surface area contributed by atoms with Gasteiger partial charge in [-0.2, -0.15) is 0 Å². The van der Waals surface area contributed by atoms with Gasteiger partial charge in [-0.05, 0) is 12.3 Å². The van der Waals surface area contributed by atoms with Gasteiger partial charge in [-0.15, -0.1) is 0 Å². The summed E-state index contributed by atoms with van der Waals surface area (Å²) in [5.74, 6) is -1.29. The monoisotopic (exact) mass is 690 g/mol. The summed E-state index contributed by atoms with van der Waals surface area (Å²) < 4.78 is 34.7. The normalized spacial score (nSPS) is 51.3. The topological polar surface area (TPSA) is 318 Å². The molecule has 0 aromatic heterocycles. The molecule has 47 heavy (non-hydrogen) atoms. The fraction of sp³-hybridized carbons (Fsp3) is 1.00. The zero-order valence-electron chi connectivity index (χ0n) is 25.9. The standard InChI is InChI=1S/C28H50O19/c1-8(2)23-26(25(17(36)12(6-31)43-23)42-10-3-9(4-29)14(33)18(37)15(10)34)47-28-22(41)20(39)24(13(7-32)45-28)46-27-21(40)19(38)16(35)11(5-30)44-27/h8-41H,3-7H2,1-2H3/t9-,10-,11-,12-,13-,14-,15+,16-,17-,18+,19+,20-,21-,22-,23+,24-,25+,26+,27+,28+/m1/s1. The van der Waals surface area contributed by atoms with E-state index in [4.69, 9.17) is 28.4 Å². The van der Waals surface area contributed by atoms with E-state index in [0.29, 0.717) is 0 Å². The van der Waals surface area contributed by atoms with Crippen LogP contribution in [-0.2, 0) is 28.4 Å². The van der Waals surface area contributed by atoms with Crippen LogP contribution in [0.3, 0.4) is 0 Å². The van der Waals surface area contributed by atoms with Gasteiger partial charge >= 0.3 is 0 Å². The van der Waals surface area contributed by atoms with Crippen molar-refractivity contribution in [2.45, 2.75) is 137 Å². The van der Waals surface area contributed by atoms with Crippen LogP contribution in [0.2, 0.25) is 0 Å². The molecule has 0 amide bonds. The number of hydrogen-bond acceptors (Lipinski definition) is 19. The van der Waals surface area contributed by atoms with E-state index < -0.39 is 155 Å². The van der Waals surface area contributed by atoms with E-state index >= 15 is 0 Å². The first-order chi connectivity index (χ1) is 22.2. The maximum Gasteiger partial charge on any atom is 0.187 e. The Bertz CT molecular complexity index is 957. The van der Waals surface area contributed by atoms with Crippen LogP contribution >= 0.6 is 0 Å². The predicted octanol–water partition coefficient (Wildman–Crippen LogP) is -7.38. The fourth-order valence-electron chi connectivity index (χ4n) is 6.57. The second kappa shape index (κ2) is 16.5. The number of aliphatic hydroxyl groups excluding tert-OH is 13. The van der Waals surface area contributed by atoms with Crippen molar-refractivity contribution in [3.8, 4) is 0 Å². The minimum Gasteiger partial charge on any atom is -0.396 e. The molecule has 1 saturated carbocycles. The molecule has 0 radical (unpaired) electrons. The molecule has 4 aliphatic rings. The number of rotatable bonds is 11. The Morgan fingerprint density at radius 1 is 0.489 bits per heavy atom. The Morgan fingerprint density at radius 3 is 1.55 bits per heavy atom. The summed E-state index contributed by atoms with van der Waals surface area (Å²) in [6.07, 6.45) is -30.0. The van der Waals surface area contributed by atoms with Crippen molar-refractivity contribution in [3.63, 3.8) is 0 Å². The molecule has 276 valence electrons. The first-order valence-corrected chi connectivity index (χ1v) is 15.7. The van der Waals surface area contributed by atoms with Crippen molar-refractivity contribution in [1.82, 2.24) is 0 Å². The van der Waals surface area contributed by atoms with Crippen LogP contribution in [0.4, 0.5) is 0 Å². The van der Waals surface area contributed by atoms with Crippen LogP contribution in [0.25, 0.3) is 0 Å². The zero-order valence-corrected chi connectivity index (χ0v) is 25.9. The minimum atomic E-state index is -1.94. The molecule has 19 nitrogen and oxygen atoms in total. The highest BCUT2D eigenvalue weighted by atomic mass is 16.8. The van der Waals surface area contributed by atoms with Gasteiger partial charge < -0.3 is 94.8 Å². The van der Waals surface area contributed by atoms with E-state index in [9.17, 15) is 66.4 Å². The SMILES string of the molecule is CC(C)[C@@H]1O[C@H](CO)[C@@H](O)[C@H](O[C@@H]2C[C@H](CO)[C@@H](O)[C@H](O)[C@H]2O)[C@H]1O[C@@H]1O[C@H](CO)[C@@H](O[C@@H]2O[C@H](CO)[C@@H](O)[C@H](O)[C@H]2O)[C@H](O)[C@H]1O. The lowest BCUT2D eigenvalue weighted by atomic mass is 9.80. The van der Waals surface area contributed by atoms with Crippen molar-refractivity contribution >= 4 is 0 Å². The highest BCUT2D eigenvalue weighted by molar-refractivity contribution is 5.01. The van der Waals surface area contributed by atoms with Gasteiger partial charge in [0.1, 0.15) is 85.5 Å². The summed E-state index contributed by atoms with van der Waals surface area (Å²) in [7, 11) is 0. The van der Waals surface area contributed by atoms with Crippen molar-refractivity contribution < 1.29 is 94.8 Å². The highest BCUT2D eigenvalue weighted by Crippen LogP contribution is 2.37. The maximum absolute atomic E-state index is 11.2. The Hall–Kier alpha value is -0.760. The molecule has 3 heterocycles. The fourth-order valence-corrected chi connectivity index (χ4v) is 6.57. The summed E-state index contributed by atoms with van der Waals surface area (Å²) in [5, 5.41) is 134. The van der Waals surface area contributed by atoms with Crippen LogP contribution in [0.5, 0.6) is 0 Å². The van der Waals surface area contributed by atoms with Crippen LogP contribution < -0.4 is 0 Å². The van der Waals surface area contributed by atoms with Crippen molar-refractivity contribution in [1.29, 1.82) is 0 Å². The molecular formula is C28H50O19. The first kappa shape index (κ1) is 39.0. The lowest BCUT2D eigenvalue weighted by Gasteiger charge is -2.51. The van der Waals surface area contributed by atoms with Crippen LogP contribution in [0.1, 0.15) is 20.3 Å². The minimum absolute atomic E-state index is 0.145. The highest BCUT2D eigenvalue weighted by Gasteiger charge is 2.55. The van der Waals surface area contributed by atoms with E-state index in [1.807, 2.05) is 0 Å². The van der Waals surface area contributed by atoms with Crippen LogP contribution in [-0.4, -0.2) is 209 Å². The van der Waals surface area contributed by atoms with Crippen LogP contribution in [0, 0.1) is 11.8 Å². The molecular weight excluding hydrogens is 640 g/mol. The van der Waals surface area contributed by atoms with Crippen molar-refractivity contribution in [3.05, 3.63) is 0 Å². The molecule has 20 atom stereocenters. The van der Waals surface area contributed by atoms with Gasteiger partial charge in [0, 0.05) is 12.5 Å². The second-order valence-corrected chi connectivity index (χ2v) is 13.0. The molecule has 0 bridgehead atoms. The second-order valence-electron chi connectivity index (χ2n) is 13.0. The van der Waals surface area contributed by atoms with Crippen LogP contribution in [0.15, 0.2) is 0 Å². The third-order valence-corrected chi connectivity index (χ3v) is 9.45. The van der Waals surface area contributed by atoms with E-state index in [2.05, 4.69) is 0 Å². The molecule has 1 aliphatic carbocycles. The summed E-state index contributed by atoms with van der Waals surface area (Å²) in [6.45, 7) is 0.623. The summed E-state index contributed by atoms with van der Waals surface area (Å²) in [5.41, 5.74) is 0. The van der Waals surface area contributed by atoms with E-state index in [-0.39, 0.29) is 6.42 Å². The van der Waals surface area contributed by atoms with Gasteiger partial charge in [-0.1, -0.05) is 13.8 Å². The summed E-state index contributed by atoms with van der Waals surface area (Å²) >= 11 is 0. The zero-order chi connectivity index (χ0) is 34.9. The molecule has 0 unspecified atom stereocenters. The van der Waals surface area contributed by atoms with Crippen molar-refractivity contribution in [2.24, 2.45) is 11.8 Å².